The van der Waals surface area contributed by atoms with Crippen LogP contribution in [0.3, 0.4) is 0 Å². The minimum absolute atomic E-state index is 0.138. The van der Waals surface area contributed by atoms with E-state index in [9.17, 15) is 0 Å². The molecule has 0 N–H and O–H groups in total. The van der Waals surface area contributed by atoms with E-state index >= 15 is 0 Å². The lowest BCUT2D eigenvalue weighted by molar-refractivity contribution is 0.662. The monoisotopic (exact) mass is 753 g/mol. The van der Waals surface area contributed by atoms with Crippen molar-refractivity contribution < 1.29 is 0 Å². The Bertz CT molecular complexity index is 3360. The van der Waals surface area contributed by atoms with Gasteiger partial charge in [0.2, 0.25) is 5.95 Å². The van der Waals surface area contributed by atoms with Crippen LogP contribution in [0.15, 0.2) is 182 Å². The van der Waals surface area contributed by atoms with Gasteiger partial charge in [0.15, 0.2) is 0 Å². The summed E-state index contributed by atoms with van der Waals surface area (Å²) in [6, 6.07) is 64.6. The Morgan fingerprint density at radius 1 is 0.492 bits per heavy atom. The van der Waals surface area contributed by atoms with Gasteiger partial charge in [-0.15, -0.1) is 0 Å². The smallest absolute Gasteiger partial charge is 0.235 e. The Morgan fingerprint density at radius 3 is 2.03 bits per heavy atom. The van der Waals surface area contributed by atoms with Gasteiger partial charge < -0.3 is 0 Å². The number of hydrogen-bond acceptors (Lipinski definition) is 2. The molecule has 10 aromatic rings. The third kappa shape index (κ3) is 5.52. The minimum atomic E-state index is -0.138. The third-order valence-corrected chi connectivity index (χ3v) is 12.2. The predicted octanol–water partition coefficient (Wildman–Crippen LogP) is 13.7. The molecule has 1 aliphatic rings. The molecule has 278 valence electrons. The molecule has 0 amide bonds. The van der Waals surface area contributed by atoms with Crippen molar-refractivity contribution in [3.05, 3.63) is 210 Å². The van der Waals surface area contributed by atoms with Gasteiger partial charge in [-0.3, -0.25) is 4.57 Å². The molecule has 1 aliphatic carbocycles. The quantitative estimate of drug-likeness (QED) is 0.168. The molecule has 2 heterocycles. The largest absolute Gasteiger partial charge is 0.278 e. The molecule has 3 nitrogen and oxygen atoms in total. The second-order valence-corrected chi connectivity index (χ2v) is 16.0. The molecule has 0 bridgehead atoms. The van der Waals surface area contributed by atoms with Gasteiger partial charge in [0.25, 0.3) is 0 Å². The fourth-order valence-corrected chi connectivity index (χ4v) is 9.50. The molecule has 0 spiro atoms. The molecule has 59 heavy (non-hydrogen) atoms. The summed E-state index contributed by atoms with van der Waals surface area (Å²) in [6.45, 7) is 6.96. The Labute approximate surface area is 344 Å². The number of nitrogens with zero attached hydrogens (tertiary/aromatic N) is 3. The average Bonchev–Trinajstić information content (AvgIpc) is 3.75. The van der Waals surface area contributed by atoms with Crippen LogP contribution in [0, 0.1) is 18.8 Å². The van der Waals surface area contributed by atoms with E-state index in [-0.39, 0.29) is 5.41 Å². The summed E-state index contributed by atoms with van der Waals surface area (Å²) in [7, 11) is 0. The van der Waals surface area contributed by atoms with E-state index < -0.39 is 0 Å². The first kappa shape index (κ1) is 34.7. The molecule has 0 radical (unpaired) electrons. The first-order valence-corrected chi connectivity index (χ1v) is 20.3. The Kier molecular flexibility index (Phi) is 7.96. The number of aromatic nitrogens is 3. The fraction of sp³-hybridized carbons (Fsp3) is 0.0714. The maximum absolute atomic E-state index is 5.44. The highest BCUT2D eigenvalue weighted by atomic mass is 15.2. The summed E-state index contributed by atoms with van der Waals surface area (Å²) in [4.78, 5) is 10.8. The summed E-state index contributed by atoms with van der Waals surface area (Å²) in [6.07, 6.45) is 0. The zero-order valence-corrected chi connectivity index (χ0v) is 33.2. The Hall–Kier alpha value is -7.54. The van der Waals surface area contributed by atoms with Crippen LogP contribution in [0.4, 0.5) is 0 Å². The van der Waals surface area contributed by atoms with E-state index in [0.29, 0.717) is 5.95 Å². The highest BCUT2D eigenvalue weighted by Gasteiger charge is 2.37. The first-order chi connectivity index (χ1) is 29.0. The molecule has 8 aromatic carbocycles. The van der Waals surface area contributed by atoms with E-state index in [0.717, 1.165) is 71.8 Å². The zero-order chi connectivity index (χ0) is 39.7. The van der Waals surface area contributed by atoms with Crippen LogP contribution >= 0.6 is 0 Å². The van der Waals surface area contributed by atoms with Crippen LogP contribution < -0.4 is 0 Å². The average molecular weight is 754 g/mol. The van der Waals surface area contributed by atoms with Gasteiger partial charge in [-0.25, -0.2) is 9.97 Å². The molecule has 3 heteroatoms. The Morgan fingerprint density at radius 2 is 1.19 bits per heavy atom. The van der Waals surface area contributed by atoms with Gasteiger partial charge >= 0.3 is 0 Å². The van der Waals surface area contributed by atoms with Crippen LogP contribution in [0.25, 0.3) is 83.3 Å². The molecule has 0 atom stereocenters. The highest BCUT2D eigenvalue weighted by Crippen LogP contribution is 2.52. The lowest BCUT2D eigenvalue weighted by atomic mass is 9.79. The van der Waals surface area contributed by atoms with Crippen molar-refractivity contribution in [1.29, 1.82) is 0 Å². The van der Waals surface area contributed by atoms with E-state index in [1.807, 2.05) is 24.3 Å². The standard InChI is InChI=1S/C56H39N3/c1-36-41(42-22-11-10-19-38(42)30-29-37-17-6-4-7-18-37)32-33-46-48-35-40(43-25-16-26-45-44-23-12-14-27-49(44)56(2,3)52(43)45)31-34-51(48)59(54(36)46)55-57-50-28-15-13-24-47(50)53(58-55)39-20-8-5-9-21-39/h4-28,31-35H,1-3H3. The molecule has 0 saturated heterocycles. The van der Waals surface area contributed by atoms with Crippen molar-refractivity contribution in [2.24, 2.45) is 0 Å². The molecule has 2 aromatic heterocycles. The van der Waals surface area contributed by atoms with E-state index in [2.05, 4.69) is 195 Å². The van der Waals surface area contributed by atoms with Crippen molar-refractivity contribution in [3.8, 4) is 62.4 Å². The number of rotatable bonds is 4. The summed E-state index contributed by atoms with van der Waals surface area (Å²) in [5.74, 6) is 7.54. The molecule has 0 unspecified atom stereocenters. The minimum Gasteiger partial charge on any atom is -0.278 e. The predicted molar refractivity (Wildman–Crippen MR) is 245 cm³/mol. The van der Waals surface area contributed by atoms with Gasteiger partial charge in [0.05, 0.1) is 22.2 Å². The highest BCUT2D eigenvalue weighted by molar-refractivity contribution is 6.13. The van der Waals surface area contributed by atoms with Crippen LogP contribution in [-0.2, 0) is 5.41 Å². The molecular weight excluding hydrogens is 715 g/mol. The third-order valence-electron chi connectivity index (χ3n) is 12.2. The number of benzene rings is 8. The zero-order valence-electron chi connectivity index (χ0n) is 33.2. The van der Waals surface area contributed by atoms with Gasteiger partial charge in [0, 0.05) is 38.3 Å². The lowest BCUT2D eigenvalue weighted by Crippen LogP contribution is -2.16. The van der Waals surface area contributed by atoms with Crippen LogP contribution in [0.2, 0.25) is 0 Å². The number of para-hydroxylation sites is 1. The van der Waals surface area contributed by atoms with Gasteiger partial charge in [-0.2, -0.15) is 0 Å². The number of fused-ring (bicyclic) bond motifs is 7. The topological polar surface area (TPSA) is 30.7 Å². The maximum atomic E-state index is 5.44. The van der Waals surface area contributed by atoms with E-state index in [4.69, 9.17) is 9.97 Å². The lowest BCUT2D eigenvalue weighted by Gasteiger charge is -2.24. The second kappa shape index (κ2) is 13.5. The summed E-state index contributed by atoms with van der Waals surface area (Å²) in [5.41, 5.74) is 18.1. The summed E-state index contributed by atoms with van der Waals surface area (Å²) in [5, 5.41) is 3.34. The Balaban J connectivity index is 1.18. The van der Waals surface area contributed by atoms with Crippen LogP contribution in [0.1, 0.15) is 41.7 Å². The molecule has 0 aliphatic heterocycles. The van der Waals surface area contributed by atoms with Crippen LogP contribution in [-0.4, -0.2) is 14.5 Å². The number of hydrogen-bond donors (Lipinski definition) is 0. The van der Waals surface area contributed by atoms with Crippen LogP contribution in [0.5, 0.6) is 0 Å². The molecule has 11 rings (SSSR count). The molecular formula is C56H39N3. The van der Waals surface area contributed by atoms with Crippen molar-refractivity contribution >= 4 is 32.7 Å². The van der Waals surface area contributed by atoms with Crippen molar-refractivity contribution in [3.63, 3.8) is 0 Å². The second-order valence-electron chi connectivity index (χ2n) is 16.0. The summed E-state index contributed by atoms with van der Waals surface area (Å²) < 4.78 is 2.29. The summed E-state index contributed by atoms with van der Waals surface area (Å²) >= 11 is 0. The van der Waals surface area contributed by atoms with E-state index in [1.165, 1.54) is 33.4 Å². The maximum Gasteiger partial charge on any atom is 0.235 e. The fourth-order valence-electron chi connectivity index (χ4n) is 9.50. The normalized spacial score (nSPS) is 12.7. The van der Waals surface area contributed by atoms with Gasteiger partial charge in [0.1, 0.15) is 0 Å². The van der Waals surface area contributed by atoms with E-state index in [1.54, 1.807) is 0 Å². The van der Waals surface area contributed by atoms with Gasteiger partial charge in [-0.05, 0) is 93.4 Å². The van der Waals surface area contributed by atoms with Crippen molar-refractivity contribution in [2.45, 2.75) is 26.2 Å². The SMILES string of the molecule is Cc1c(-c2ccccc2C#Cc2ccccc2)ccc2c3cc(-c4cccc5c4C(C)(C)c4ccccc4-5)ccc3n(-c3nc(-c4ccccc4)c4ccccc4n3)c12. The number of aryl methyl sites for hydroxylation is 1. The van der Waals surface area contributed by atoms with Crippen molar-refractivity contribution in [2.75, 3.05) is 0 Å². The van der Waals surface area contributed by atoms with Gasteiger partial charge in [-0.1, -0.05) is 171 Å². The van der Waals surface area contributed by atoms with Crippen molar-refractivity contribution in [1.82, 2.24) is 14.5 Å². The first-order valence-electron chi connectivity index (χ1n) is 20.3. The molecule has 0 saturated carbocycles. The molecule has 0 fully saturated rings.